The summed E-state index contributed by atoms with van der Waals surface area (Å²) in [5, 5.41) is 0. The Balaban J connectivity index is 1.68. The van der Waals surface area contributed by atoms with E-state index in [1.165, 1.54) is 0 Å². The number of pyridine rings is 2. The lowest BCUT2D eigenvalue weighted by atomic mass is 10.1. The molecule has 1 aliphatic heterocycles. The van der Waals surface area contributed by atoms with Gasteiger partial charge in [-0.2, -0.15) is 0 Å². The topological polar surface area (TPSA) is 55.3 Å². The zero-order chi connectivity index (χ0) is 16.6. The van der Waals surface area contributed by atoms with Crippen LogP contribution >= 0.6 is 0 Å². The van der Waals surface area contributed by atoms with E-state index in [9.17, 15) is 4.79 Å². The summed E-state index contributed by atoms with van der Waals surface area (Å²) in [6.07, 6.45) is 8.65. The van der Waals surface area contributed by atoms with Gasteiger partial charge in [-0.3, -0.25) is 14.8 Å². The fraction of sp³-hybridized carbons (Fsp3) is 0.421. The van der Waals surface area contributed by atoms with Gasteiger partial charge in [-0.25, -0.2) is 0 Å². The Morgan fingerprint density at radius 2 is 2.04 bits per heavy atom. The standard InChI is InChI=1S/C19H23N3O2/c23-19(18-6-2-4-14-24-18)22(15-16-7-11-20-12-8-16)13-9-17-5-1-3-10-21-17/h1,3,5,7-8,10-12,18H,2,4,6,9,13-15H2/t18-/m1/s1. The summed E-state index contributed by atoms with van der Waals surface area (Å²) in [5.74, 6) is 0.0856. The van der Waals surface area contributed by atoms with Crippen LogP contribution in [0.4, 0.5) is 0 Å². The van der Waals surface area contributed by atoms with Crippen LogP contribution < -0.4 is 0 Å². The summed E-state index contributed by atoms with van der Waals surface area (Å²) < 4.78 is 5.69. The lowest BCUT2D eigenvalue weighted by Crippen LogP contribution is -2.42. The zero-order valence-corrected chi connectivity index (χ0v) is 13.8. The smallest absolute Gasteiger partial charge is 0.252 e. The Bertz CT molecular complexity index is 628. The monoisotopic (exact) mass is 325 g/mol. The van der Waals surface area contributed by atoms with Crippen molar-refractivity contribution < 1.29 is 9.53 Å². The van der Waals surface area contributed by atoms with Crippen LogP contribution in [0, 0.1) is 0 Å². The number of ether oxygens (including phenoxy) is 1. The fourth-order valence-corrected chi connectivity index (χ4v) is 2.91. The molecule has 1 atom stereocenters. The Morgan fingerprint density at radius 1 is 1.17 bits per heavy atom. The van der Waals surface area contributed by atoms with Gasteiger partial charge in [-0.15, -0.1) is 0 Å². The van der Waals surface area contributed by atoms with E-state index >= 15 is 0 Å². The number of rotatable bonds is 6. The van der Waals surface area contributed by atoms with Gasteiger partial charge in [0.1, 0.15) is 6.10 Å². The molecule has 3 heterocycles. The Kier molecular flexibility index (Phi) is 5.90. The van der Waals surface area contributed by atoms with Crippen molar-refractivity contribution in [2.75, 3.05) is 13.2 Å². The minimum atomic E-state index is -0.302. The zero-order valence-electron chi connectivity index (χ0n) is 13.8. The third kappa shape index (κ3) is 4.61. The highest BCUT2D eigenvalue weighted by atomic mass is 16.5. The molecule has 0 unspecified atom stereocenters. The second-order valence-corrected chi connectivity index (χ2v) is 6.04. The van der Waals surface area contributed by atoms with E-state index in [0.717, 1.165) is 36.9 Å². The molecule has 1 amide bonds. The molecule has 0 saturated carbocycles. The molecule has 0 aliphatic carbocycles. The molecule has 3 rings (SSSR count). The SMILES string of the molecule is O=C([C@H]1CCCCO1)N(CCc1ccccn1)Cc1ccncc1. The quantitative estimate of drug-likeness (QED) is 0.819. The fourth-order valence-electron chi connectivity index (χ4n) is 2.91. The van der Waals surface area contributed by atoms with E-state index in [0.29, 0.717) is 19.7 Å². The van der Waals surface area contributed by atoms with Crippen molar-refractivity contribution in [3.05, 3.63) is 60.2 Å². The normalized spacial score (nSPS) is 17.4. The van der Waals surface area contributed by atoms with Crippen molar-refractivity contribution in [3.8, 4) is 0 Å². The van der Waals surface area contributed by atoms with Gasteiger partial charge in [0.15, 0.2) is 0 Å². The van der Waals surface area contributed by atoms with Gasteiger partial charge in [-0.1, -0.05) is 6.07 Å². The maximum atomic E-state index is 12.9. The van der Waals surface area contributed by atoms with Crippen LogP contribution in [0.15, 0.2) is 48.9 Å². The van der Waals surface area contributed by atoms with Crippen LogP contribution in [-0.4, -0.2) is 40.0 Å². The number of carbonyl (C=O) groups is 1. The second kappa shape index (κ2) is 8.55. The van der Waals surface area contributed by atoms with E-state index in [2.05, 4.69) is 9.97 Å². The third-order valence-electron chi connectivity index (χ3n) is 4.25. The highest BCUT2D eigenvalue weighted by molar-refractivity contribution is 5.81. The molecule has 5 heteroatoms. The van der Waals surface area contributed by atoms with Crippen LogP contribution in [-0.2, 0) is 22.5 Å². The first kappa shape index (κ1) is 16.6. The molecule has 126 valence electrons. The van der Waals surface area contributed by atoms with Crippen molar-refractivity contribution in [2.45, 2.75) is 38.3 Å². The second-order valence-electron chi connectivity index (χ2n) is 6.04. The minimum absolute atomic E-state index is 0.0856. The Labute approximate surface area is 142 Å². The number of carbonyl (C=O) groups excluding carboxylic acids is 1. The molecule has 2 aromatic heterocycles. The molecular formula is C19H23N3O2. The van der Waals surface area contributed by atoms with Crippen molar-refractivity contribution in [2.24, 2.45) is 0 Å². The highest BCUT2D eigenvalue weighted by Crippen LogP contribution is 2.17. The average molecular weight is 325 g/mol. The summed E-state index contributed by atoms with van der Waals surface area (Å²) >= 11 is 0. The molecule has 2 aromatic rings. The summed E-state index contributed by atoms with van der Waals surface area (Å²) in [6, 6.07) is 9.76. The van der Waals surface area contributed by atoms with Gasteiger partial charge < -0.3 is 9.64 Å². The number of hydrogen-bond donors (Lipinski definition) is 0. The molecule has 0 bridgehead atoms. The van der Waals surface area contributed by atoms with Gasteiger partial charge in [0, 0.05) is 50.4 Å². The molecule has 1 saturated heterocycles. The van der Waals surface area contributed by atoms with Crippen LogP contribution in [0.5, 0.6) is 0 Å². The first-order valence-corrected chi connectivity index (χ1v) is 8.52. The van der Waals surface area contributed by atoms with Crippen LogP contribution in [0.1, 0.15) is 30.5 Å². The van der Waals surface area contributed by atoms with Crippen molar-refractivity contribution >= 4 is 5.91 Å². The molecule has 0 radical (unpaired) electrons. The first-order valence-electron chi connectivity index (χ1n) is 8.52. The van der Waals surface area contributed by atoms with Gasteiger partial charge in [0.25, 0.3) is 5.91 Å². The summed E-state index contributed by atoms with van der Waals surface area (Å²) in [5.41, 5.74) is 2.07. The molecule has 24 heavy (non-hydrogen) atoms. The van der Waals surface area contributed by atoms with Crippen LogP contribution in [0.2, 0.25) is 0 Å². The van der Waals surface area contributed by atoms with Crippen molar-refractivity contribution in [3.63, 3.8) is 0 Å². The van der Waals surface area contributed by atoms with E-state index < -0.39 is 0 Å². The molecule has 0 spiro atoms. The molecule has 0 aromatic carbocycles. The lowest BCUT2D eigenvalue weighted by Gasteiger charge is -2.29. The van der Waals surface area contributed by atoms with E-state index in [1.54, 1.807) is 18.6 Å². The number of hydrogen-bond acceptors (Lipinski definition) is 4. The molecular weight excluding hydrogens is 302 g/mol. The van der Waals surface area contributed by atoms with E-state index in [-0.39, 0.29) is 12.0 Å². The van der Waals surface area contributed by atoms with Gasteiger partial charge in [-0.05, 0) is 49.1 Å². The Morgan fingerprint density at radius 3 is 2.75 bits per heavy atom. The predicted octanol–water partition coefficient (Wildman–Crippen LogP) is 2.62. The summed E-state index contributed by atoms with van der Waals surface area (Å²) in [7, 11) is 0. The molecule has 1 fully saturated rings. The highest BCUT2D eigenvalue weighted by Gasteiger charge is 2.26. The van der Waals surface area contributed by atoms with Crippen LogP contribution in [0.25, 0.3) is 0 Å². The van der Waals surface area contributed by atoms with Gasteiger partial charge in [0.2, 0.25) is 0 Å². The largest absolute Gasteiger partial charge is 0.368 e. The number of aromatic nitrogens is 2. The van der Waals surface area contributed by atoms with Crippen LogP contribution in [0.3, 0.4) is 0 Å². The summed E-state index contributed by atoms with van der Waals surface area (Å²) in [4.78, 5) is 23.2. The lowest BCUT2D eigenvalue weighted by molar-refractivity contribution is -0.147. The van der Waals surface area contributed by atoms with Gasteiger partial charge in [0.05, 0.1) is 0 Å². The van der Waals surface area contributed by atoms with Gasteiger partial charge >= 0.3 is 0 Å². The molecule has 5 nitrogen and oxygen atoms in total. The van der Waals surface area contributed by atoms with Crippen molar-refractivity contribution in [1.82, 2.24) is 14.9 Å². The number of nitrogens with zero attached hydrogens (tertiary/aromatic N) is 3. The third-order valence-corrected chi connectivity index (χ3v) is 4.25. The average Bonchev–Trinajstić information content (AvgIpc) is 2.67. The van der Waals surface area contributed by atoms with E-state index in [4.69, 9.17) is 4.74 Å². The first-order chi connectivity index (χ1) is 11.8. The molecule has 0 N–H and O–H groups in total. The predicted molar refractivity (Wildman–Crippen MR) is 91.2 cm³/mol. The Hall–Kier alpha value is -2.27. The van der Waals surface area contributed by atoms with Crippen molar-refractivity contribution in [1.29, 1.82) is 0 Å². The number of amides is 1. The summed E-state index contributed by atoms with van der Waals surface area (Å²) in [6.45, 7) is 1.89. The minimum Gasteiger partial charge on any atom is -0.368 e. The molecule has 1 aliphatic rings. The van der Waals surface area contributed by atoms with E-state index in [1.807, 2.05) is 35.2 Å². The maximum absolute atomic E-state index is 12.9. The maximum Gasteiger partial charge on any atom is 0.252 e.